The number of hydrogen-bond acceptors (Lipinski definition) is 4. The van der Waals surface area contributed by atoms with Crippen LogP contribution in [0.2, 0.25) is 0 Å². The summed E-state index contributed by atoms with van der Waals surface area (Å²) in [4.78, 5) is 12.4. The van der Waals surface area contributed by atoms with E-state index in [9.17, 15) is 15.0 Å². The van der Waals surface area contributed by atoms with Crippen LogP contribution in [-0.4, -0.2) is 34.2 Å². The minimum atomic E-state index is -1.38. The molecular formula is C68H129NO3. The van der Waals surface area contributed by atoms with Crippen molar-refractivity contribution in [1.29, 1.82) is 0 Å². The van der Waals surface area contributed by atoms with Gasteiger partial charge in [0.25, 0.3) is 0 Å². The Morgan fingerprint density at radius 1 is 0.319 bits per heavy atom. The van der Waals surface area contributed by atoms with Crippen molar-refractivity contribution in [3.8, 4) is 0 Å². The first-order chi connectivity index (χ1) is 35.5. The molecule has 4 nitrogen and oxygen atoms in total. The van der Waals surface area contributed by atoms with Crippen molar-refractivity contribution in [2.45, 2.75) is 379 Å². The number of carbonyl (C=O) groups excluding carboxylic acids is 1. The molecule has 0 bridgehead atoms. The lowest BCUT2D eigenvalue weighted by atomic mass is 10.0. The molecule has 0 saturated carbocycles. The average molecular weight is 1010 g/mol. The second-order valence-electron chi connectivity index (χ2n) is 22.7. The molecule has 4 heteroatoms. The van der Waals surface area contributed by atoms with Gasteiger partial charge in [-0.15, -0.1) is 0 Å². The van der Waals surface area contributed by atoms with Crippen LogP contribution in [0.5, 0.6) is 0 Å². The van der Waals surface area contributed by atoms with Crippen LogP contribution in [0.3, 0.4) is 0 Å². The number of ketones is 1. The third kappa shape index (κ3) is 56.2. The van der Waals surface area contributed by atoms with Crippen molar-refractivity contribution in [3.63, 3.8) is 0 Å². The number of allylic oxidation sites excluding steroid dienone is 6. The number of aliphatic hydroxyl groups excluding tert-OH is 2. The third-order valence-electron chi connectivity index (χ3n) is 15.5. The van der Waals surface area contributed by atoms with Crippen LogP contribution in [-0.2, 0) is 4.79 Å². The summed E-state index contributed by atoms with van der Waals surface area (Å²) in [5.41, 5.74) is 6.03. The predicted molar refractivity (Wildman–Crippen MR) is 322 cm³/mol. The Morgan fingerprint density at radius 2 is 0.542 bits per heavy atom. The fourth-order valence-electron chi connectivity index (χ4n) is 10.3. The normalized spacial score (nSPS) is 13.5. The number of hydrogen-bond donors (Lipinski definition) is 3. The third-order valence-corrected chi connectivity index (χ3v) is 15.5. The smallest absolute Gasteiger partial charge is 0.185 e. The summed E-state index contributed by atoms with van der Waals surface area (Å²) < 4.78 is 0. The quantitative estimate of drug-likeness (QED) is 0.0322. The first kappa shape index (κ1) is 70.5. The maximum absolute atomic E-state index is 12.4. The molecule has 0 amide bonds. The molecule has 0 aliphatic heterocycles. The number of rotatable bonds is 61. The molecule has 0 aromatic heterocycles. The molecule has 0 saturated heterocycles. The lowest BCUT2D eigenvalue weighted by molar-refractivity contribution is -0.124. The molecule has 0 aromatic carbocycles. The zero-order valence-corrected chi connectivity index (χ0v) is 48.9. The van der Waals surface area contributed by atoms with Crippen LogP contribution >= 0.6 is 0 Å². The van der Waals surface area contributed by atoms with E-state index < -0.39 is 24.0 Å². The van der Waals surface area contributed by atoms with E-state index >= 15 is 0 Å². The van der Waals surface area contributed by atoms with Crippen molar-refractivity contribution < 1.29 is 15.0 Å². The van der Waals surface area contributed by atoms with Crippen LogP contribution in [0.4, 0.5) is 0 Å². The van der Waals surface area contributed by atoms with Gasteiger partial charge >= 0.3 is 0 Å². The monoisotopic (exact) mass is 1010 g/mol. The maximum atomic E-state index is 12.4. The zero-order valence-electron chi connectivity index (χ0n) is 48.9. The van der Waals surface area contributed by atoms with Gasteiger partial charge in [-0.2, -0.15) is 0 Å². The second-order valence-corrected chi connectivity index (χ2v) is 22.7. The fraction of sp³-hybridized carbons (Fsp3) is 0.868. The van der Waals surface area contributed by atoms with Gasteiger partial charge < -0.3 is 15.9 Å². The topological polar surface area (TPSA) is 83.5 Å². The summed E-state index contributed by atoms with van der Waals surface area (Å²) in [6.45, 7) is 4.54. The van der Waals surface area contributed by atoms with Gasteiger partial charge in [-0.3, -0.25) is 4.79 Å². The van der Waals surface area contributed by atoms with Gasteiger partial charge in [-0.05, 0) is 63.9 Å². The standard InChI is InChI=1S/C68H129NO3/c1-3-5-7-9-11-13-15-17-18-19-20-21-22-23-24-25-26-27-28-29-30-31-32-33-34-35-36-37-38-39-40-41-42-43-44-45-46-47-48-49-50-52-54-56-58-60-62-64-66(71)68(72)67(69)65(70)63-61-59-57-55-53-51-16-14-12-10-8-6-4-2/h11,13,17-18,61-65,67-68,70,72H,3-10,12,14-16,19-60,69H2,1-2H3/b13-11-,18-17-,63-61+,64-62?/t65-,67-,68?/m1/s1. The highest BCUT2D eigenvalue weighted by Gasteiger charge is 2.25. The van der Waals surface area contributed by atoms with E-state index in [-0.39, 0.29) is 0 Å². The molecule has 0 fully saturated rings. The van der Waals surface area contributed by atoms with E-state index in [1.54, 1.807) is 6.08 Å². The number of nitrogens with two attached hydrogens (primary N) is 1. The Kier molecular flexibility index (Phi) is 60.8. The summed E-state index contributed by atoms with van der Waals surface area (Å²) in [5.74, 6) is -0.411. The first-order valence-corrected chi connectivity index (χ1v) is 32.8. The first-order valence-electron chi connectivity index (χ1n) is 32.8. The molecule has 72 heavy (non-hydrogen) atoms. The Morgan fingerprint density at radius 3 is 0.833 bits per heavy atom. The van der Waals surface area contributed by atoms with E-state index in [0.717, 1.165) is 32.1 Å². The Hall–Kier alpha value is -1.49. The van der Waals surface area contributed by atoms with Crippen LogP contribution in [0, 0.1) is 0 Å². The minimum Gasteiger partial charge on any atom is -0.387 e. The van der Waals surface area contributed by atoms with Gasteiger partial charge in [-0.25, -0.2) is 0 Å². The minimum absolute atomic E-state index is 0.411. The summed E-state index contributed by atoms with van der Waals surface area (Å²) in [6.07, 6.45) is 87.3. The van der Waals surface area contributed by atoms with Crippen molar-refractivity contribution in [1.82, 2.24) is 0 Å². The van der Waals surface area contributed by atoms with Gasteiger partial charge in [0.15, 0.2) is 5.78 Å². The van der Waals surface area contributed by atoms with Gasteiger partial charge in [0, 0.05) is 0 Å². The van der Waals surface area contributed by atoms with Crippen molar-refractivity contribution in [2.24, 2.45) is 5.73 Å². The Balaban J connectivity index is 3.35. The van der Waals surface area contributed by atoms with E-state index in [1.807, 2.05) is 12.2 Å². The molecule has 0 radical (unpaired) electrons. The van der Waals surface area contributed by atoms with Gasteiger partial charge in [0.1, 0.15) is 6.10 Å². The molecule has 4 N–H and O–H groups in total. The fourth-order valence-corrected chi connectivity index (χ4v) is 10.3. The summed E-state index contributed by atoms with van der Waals surface area (Å²) in [7, 11) is 0. The SMILES string of the molecule is CCCCC/C=C\C/C=C\CCCCCCCCCCCCCCCCCCCCCCCCCCCCCCCCCCCCCC=CC(=O)C(O)[C@H](N)[C@H](O)/C=C/CCCCCCCCCCCCC. The summed E-state index contributed by atoms with van der Waals surface area (Å²) in [5, 5.41) is 20.8. The Bertz CT molecular complexity index is 1160. The molecule has 424 valence electrons. The molecule has 3 atom stereocenters. The molecule has 0 aromatic rings. The number of unbranched alkanes of at least 4 members (excludes halogenated alkanes) is 50. The van der Waals surface area contributed by atoms with Gasteiger partial charge in [-0.1, -0.05) is 345 Å². The van der Waals surface area contributed by atoms with Crippen molar-refractivity contribution >= 4 is 5.78 Å². The van der Waals surface area contributed by atoms with Crippen LogP contribution < -0.4 is 5.73 Å². The molecule has 1 unspecified atom stereocenters. The number of carbonyl (C=O) groups is 1. The van der Waals surface area contributed by atoms with Gasteiger partial charge in [0.2, 0.25) is 0 Å². The van der Waals surface area contributed by atoms with Crippen molar-refractivity contribution in [2.75, 3.05) is 0 Å². The summed E-state index contributed by atoms with van der Waals surface area (Å²) in [6, 6.07) is -1.00. The predicted octanol–water partition coefficient (Wildman–Crippen LogP) is 21.9. The molecule has 0 rings (SSSR count). The van der Waals surface area contributed by atoms with E-state index in [0.29, 0.717) is 0 Å². The second kappa shape index (κ2) is 62.1. The van der Waals surface area contributed by atoms with Gasteiger partial charge in [0.05, 0.1) is 12.1 Å². The largest absolute Gasteiger partial charge is 0.387 e. The highest BCUT2D eigenvalue weighted by molar-refractivity contribution is 5.93. The zero-order chi connectivity index (χ0) is 52.2. The molecule has 0 aliphatic rings. The summed E-state index contributed by atoms with van der Waals surface area (Å²) >= 11 is 0. The highest BCUT2D eigenvalue weighted by Crippen LogP contribution is 2.19. The van der Waals surface area contributed by atoms with E-state index in [4.69, 9.17) is 5.73 Å². The van der Waals surface area contributed by atoms with E-state index in [2.05, 4.69) is 38.2 Å². The Labute approximate surface area is 452 Å². The lowest BCUT2D eigenvalue weighted by Gasteiger charge is -2.19. The molecular weight excluding hydrogens is 879 g/mol. The van der Waals surface area contributed by atoms with Crippen molar-refractivity contribution in [3.05, 3.63) is 48.6 Å². The molecule has 0 heterocycles. The van der Waals surface area contributed by atoms with E-state index in [1.165, 1.54) is 321 Å². The van der Waals surface area contributed by atoms with Crippen LogP contribution in [0.25, 0.3) is 0 Å². The molecule has 0 aliphatic carbocycles. The van der Waals surface area contributed by atoms with Crippen LogP contribution in [0.1, 0.15) is 361 Å². The highest BCUT2D eigenvalue weighted by atomic mass is 16.3. The average Bonchev–Trinajstić information content (AvgIpc) is 3.39. The maximum Gasteiger partial charge on any atom is 0.185 e. The van der Waals surface area contributed by atoms with Crippen LogP contribution in [0.15, 0.2) is 48.6 Å². The molecule has 0 spiro atoms. The lowest BCUT2D eigenvalue weighted by Crippen LogP contribution is -2.47. The number of aliphatic hydroxyl groups is 2.